The summed E-state index contributed by atoms with van der Waals surface area (Å²) in [5.74, 6) is 1.71. The molecule has 0 fully saturated rings. The highest BCUT2D eigenvalue weighted by atomic mass is 16.5. The molecule has 1 aromatic carbocycles. The van der Waals surface area contributed by atoms with E-state index in [1.165, 1.54) is 9.13 Å². The maximum absolute atomic E-state index is 13.0. The van der Waals surface area contributed by atoms with Crippen LogP contribution in [0.4, 0.5) is 11.6 Å². The fourth-order valence-corrected chi connectivity index (χ4v) is 4.00. The van der Waals surface area contributed by atoms with Crippen LogP contribution < -0.4 is 20.9 Å². The molecule has 0 saturated carbocycles. The molecule has 0 saturated heterocycles. The van der Waals surface area contributed by atoms with Crippen molar-refractivity contribution in [2.45, 2.75) is 33.9 Å². The van der Waals surface area contributed by atoms with Gasteiger partial charge in [0.1, 0.15) is 5.75 Å². The van der Waals surface area contributed by atoms with Crippen molar-refractivity contribution in [2.24, 2.45) is 13.0 Å². The number of hydrogen-bond acceptors (Lipinski definition) is 5. The Labute approximate surface area is 162 Å². The summed E-state index contributed by atoms with van der Waals surface area (Å²) in [6.07, 6.45) is 0. The number of fused-ring (bicyclic) bond motifs is 3. The van der Waals surface area contributed by atoms with E-state index >= 15 is 0 Å². The smallest absolute Gasteiger partial charge is 0.332 e. The number of aromatic nitrogens is 4. The molecule has 3 heterocycles. The predicted molar refractivity (Wildman–Crippen MR) is 109 cm³/mol. The Morgan fingerprint density at radius 3 is 2.68 bits per heavy atom. The minimum Gasteiger partial charge on any atom is -0.495 e. The molecule has 0 amide bonds. The van der Waals surface area contributed by atoms with Gasteiger partial charge in [0.25, 0.3) is 5.56 Å². The molecule has 28 heavy (non-hydrogen) atoms. The third-order valence-corrected chi connectivity index (χ3v) is 5.38. The number of anilines is 2. The molecule has 3 aromatic rings. The van der Waals surface area contributed by atoms with Gasteiger partial charge in [0.15, 0.2) is 11.2 Å². The molecule has 0 aliphatic carbocycles. The van der Waals surface area contributed by atoms with Crippen LogP contribution >= 0.6 is 0 Å². The van der Waals surface area contributed by atoms with E-state index in [-0.39, 0.29) is 11.2 Å². The summed E-state index contributed by atoms with van der Waals surface area (Å²) < 4.78 is 10.2. The Balaban J connectivity index is 2.05. The lowest BCUT2D eigenvalue weighted by Gasteiger charge is -2.33. The Kier molecular flexibility index (Phi) is 4.28. The second-order valence-electron chi connectivity index (χ2n) is 7.48. The predicted octanol–water partition coefficient (Wildman–Crippen LogP) is 2.02. The standard InChI is InChI=1S/C20H25N5O3/c1-6-23-18(26)16-17(22(4)20(23)27)21-19-24(10-13(3)11-25(16)19)14-9-12(2)7-8-15(14)28-5/h7-9,13H,6,10-11H2,1-5H3/t13-/m1/s1. The number of aryl methyl sites for hydroxylation is 2. The molecular weight excluding hydrogens is 358 g/mol. The van der Waals surface area contributed by atoms with Crippen molar-refractivity contribution in [3.8, 4) is 5.75 Å². The molecule has 2 aromatic heterocycles. The Morgan fingerprint density at radius 2 is 2.00 bits per heavy atom. The van der Waals surface area contributed by atoms with Gasteiger partial charge in [-0.3, -0.25) is 13.9 Å². The number of rotatable bonds is 3. The van der Waals surface area contributed by atoms with E-state index in [2.05, 4.69) is 17.9 Å². The molecule has 1 aliphatic heterocycles. The van der Waals surface area contributed by atoms with E-state index < -0.39 is 0 Å². The number of hydrogen-bond donors (Lipinski definition) is 0. The molecule has 8 heteroatoms. The summed E-state index contributed by atoms with van der Waals surface area (Å²) in [5, 5.41) is 0. The molecule has 1 aliphatic rings. The van der Waals surface area contributed by atoms with Crippen LogP contribution in [0, 0.1) is 12.8 Å². The largest absolute Gasteiger partial charge is 0.495 e. The Hall–Kier alpha value is -3.03. The van der Waals surface area contributed by atoms with Crippen molar-refractivity contribution in [3.63, 3.8) is 0 Å². The minimum absolute atomic E-state index is 0.287. The summed E-state index contributed by atoms with van der Waals surface area (Å²) in [6, 6.07) is 6.00. The van der Waals surface area contributed by atoms with Gasteiger partial charge in [-0.1, -0.05) is 13.0 Å². The summed E-state index contributed by atoms with van der Waals surface area (Å²) in [5.41, 5.74) is 2.28. The van der Waals surface area contributed by atoms with Crippen LogP contribution in [-0.2, 0) is 20.1 Å². The zero-order chi connectivity index (χ0) is 20.2. The van der Waals surface area contributed by atoms with Crippen LogP contribution in [0.1, 0.15) is 19.4 Å². The monoisotopic (exact) mass is 383 g/mol. The molecule has 0 radical (unpaired) electrons. The molecule has 4 rings (SSSR count). The summed E-state index contributed by atoms with van der Waals surface area (Å²) in [6.45, 7) is 7.72. The summed E-state index contributed by atoms with van der Waals surface area (Å²) >= 11 is 0. The van der Waals surface area contributed by atoms with Gasteiger partial charge in [-0.05, 0) is 37.5 Å². The van der Waals surface area contributed by atoms with E-state index in [1.807, 2.05) is 23.6 Å². The molecule has 0 unspecified atom stereocenters. The molecule has 0 N–H and O–H groups in total. The number of nitrogens with zero attached hydrogens (tertiary/aromatic N) is 5. The Morgan fingerprint density at radius 1 is 1.25 bits per heavy atom. The van der Waals surface area contributed by atoms with Crippen molar-refractivity contribution in [3.05, 3.63) is 44.6 Å². The SMILES string of the molecule is CCn1c(=O)c2c(nc3n2C[C@H](C)CN3c2cc(C)ccc2OC)n(C)c1=O. The van der Waals surface area contributed by atoms with Gasteiger partial charge in [0.05, 0.1) is 12.8 Å². The minimum atomic E-state index is -0.344. The number of imidazole rings is 1. The fraction of sp³-hybridized carbons (Fsp3) is 0.450. The molecule has 8 nitrogen and oxygen atoms in total. The molecule has 1 atom stereocenters. The summed E-state index contributed by atoms with van der Waals surface area (Å²) in [4.78, 5) is 32.4. The van der Waals surface area contributed by atoms with Crippen LogP contribution in [0.3, 0.4) is 0 Å². The Bertz CT molecular complexity index is 1190. The number of benzene rings is 1. The maximum atomic E-state index is 13.0. The summed E-state index contributed by atoms with van der Waals surface area (Å²) in [7, 11) is 3.31. The van der Waals surface area contributed by atoms with Gasteiger partial charge in [0.2, 0.25) is 5.95 Å². The highest BCUT2D eigenvalue weighted by Crippen LogP contribution is 2.38. The van der Waals surface area contributed by atoms with Crippen molar-refractivity contribution in [1.29, 1.82) is 0 Å². The second-order valence-corrected chi connectivity index (χ2v) is 7.48. The average molecular weight is 383 g/mol. The first kappa shape index (κ1) is 18.3. The van der Waals surface area contributed by atoms with Gasteiger partial charge in [0, 0.05) is 26.7 Å². The fourth-order valence-electron chi connectivity index (χ4n) is 4.00. The van der Waals surface area contributed by atoms with Crippen molar-refractivity contribution >= 4 is 22.8 Å². The van der Waals surface area contributed by atoms with Gasteiger partial charge in [-0.2, -0.15) is 4.98 Å². The first-order valence-corrected chi connectivity index (χ1v) is 9.49. The van der Waals surface area contributed by atoms with Crippen LogP contribution in [0.25, 0.3) is 11.2 Å². The van der Waals surface area contributed by atoms with E-state index in [0.717, 1.165) is 23.5 Å². The number of methoxy groups -OCH3 is 1. The van der Waals surface area contributed by atoms with Gasteiger partial charge in [-0.25, -0.2) is 4.79 Å². The second kappa shape index (κ2) is 6.54. The quantitative estimate of drug-likeness (QED) is 0.692. The lowest BCUT2D eigenvalue weighted by atomic mass is 10.1. The van der Waals surface area contributed by atoms with Crippen LogP contribution in [0.2, 0.25) is 0 Å². The van der Waals surface area contributed by atoms with Crippen molar-refractivity contribution in [1.82, 2.24) is 18.7 Å². The van der Waals surface area contributed by atoms with E-state index in [1.54, 1.807) is 21.1 Å². The van der Waals surface area contributed by atoms with E-state index in [4.69, 9.17) is 9.72 Å². The lowest BCUT2D eigenvalue weighted by molar-refractivity contribution is 0.409. The zero-order valence-corrected chi connectivity index (χ0v) is 16.9. The third kappa shape index (κ3) is 2.55. The highest BCUT2D eigenvalue weighted by molar-refractivity contribution is 5.78. The van der Waals surface area contributed by atoms with Crippen LogP contribution in [0.15, 0.2) is 27.8 Å². The van der Waals surface area contributed by atoms with Gasteiger partial charge >= 0.3 is 5.69 Å². The molecule has 0 bridgehead atoms. The normalized spacial score (nSPS) is 16.5. The van der Waals surface area contributed by atoms with Crippen LogP contribution in [-0.4, -0.2) is 32.3 Å². The zero-order valence-electron chi connectivity index (χ0n) is 16.9. The highest BCUT2D eigenvalue weighted by Gasteiger charge is 2.31. The molecule has 0 spiro atoms. The lowest BCUT2D eigenvalue weighted by Crippen LogP contribution is -2.40. The first-order chi connectivity index (χ1) is 13.4. The third-order valence-electron chi connectivity index (χ3n) is 5.38. The topological polar surface area (TPSA) is 74.3 Å². The van der Waals surface area contributed by atoms with Crippen LogP contribution in [0.5, 0.6) is 5.75 Å². The van der Waals surface area contributed by atoms with Gasteiger partial charge < -0.3 is 14.2 Å². The number of ether oxygens (including phenoxy) is 1. The molecular formula is C20H25N5O3. The van der Waals surface area contributed by atoms with Crippen molar-refractivity contribution in [2.75, 3.05) is 18.6 Å². The maximum Gasteiger partial charge on any atom is 0.332 e. The van der Waals surface area contributed by atoms with E-state index in [9.17, 15) is 9.59 Å². The van der Waals surface area contributed by atoms with E-state index in [0.29, 0.717) is 36.1 Å². The first-order valence-electron chi connectivity index (χ1n) is 9.49. The van der Waals surface area contributed by atoms with Crippen molar-refractivity contribution < 1.29 is 4.74 Å². The molecule has 148 valence electrons. The average Bonchev–Trinajstić information content (AvgIpc) is 3.05. The van der Waals surface area contributed by atoms with Gasteiger partial charge in [-0.15, -0.1) is 0 Å².